The molecule has 6 nitrogen and oxygen atoms in total. The average molecular weight is 406 g/mol. The van der Waals surface area contributed by atoms with Crippen molar-refractivity contribution >= 4 is 26.7 Å². The number of aryl methyl sites for hydroxylation is 1. The van der Waals surface area contributed by atoms with Crippen LogP contribution in [0.5, 0.6) is 11.5 Å². The van der Waals surface area contributed by atoms with E-state index in [1.165, 1.54) is 32.1 Å². The third-order valence-corrected chi connectivity index (χ3v) is 6.30. The quantitative estimate of drug-likeness (QED) is 0.466. The molecule has 0 spiro atoms. The summed E-state index contributed by atoms with van der Waals surface area (Å²) < 4.78 is 9.18. The van der Waals surface area contributed by atoms with Gasteiger partial charge in [-0.3, -0.25) is 4.98 Å². The Bertz CT molecular complexity index is 1130. The van der Waals surface area contributed by atoms with Gasteiger partial charge in [-0.05, 0) is 31.0 Å². The van der Waals surface area contributed by atoms with E-state index in [1.54, 1.807) is 23.9 Å². The Morgan fingerprint density at radius 1 is 1.03 bits per heavy atom. The van der Waals surface area contributed by atoms with Crippen molar-refractivity contribution in [1.82, 2.24) is 19.5 Å². The third kappa shape index (κ3) is 3.96. The lowest BCUT2D eigenvalue weighted by atomic mass is 9.96. The lowest BCUT2D eigenvalue weighted by Crippen LogP contribution is -2.21. The first kappa shape index (κ1) is 18.1. The molecule has 1 fully saturated rings. The van der Waals surface area contributed by atoms with Gasteiger partial charge in [0.1, 0.15) is 11.5 Å². The van der Waals surface area contributed by atoms with Crippen molar-refractivity contribution in [3.8, 4) is 22.8 Å². The maximum absolute atomic E-state index is 6.09. The number of hydrogen-bond acceptors (Lipinski definition) is 6. The van der Waals surface area contributed by atoms with Gasteiger partial charge in [0.05, 0.1) is 34.6 Å². The topological polar surface area (TPSA) is 64.9 Å². The molecule has 0 atom stereocenters. The van der Waals surface area contributed by atoms with Crippen molar-refractivity contribution in [1.29, 1.82) is 0 Å². The molecule has 3 heterocycles. The predicted molar refractivity (Wildman–Crippen MR) is 117 cm³/mol. The highest BCUT2D eigenvalue weighted by Gasteiger charge is 2.15. The van der Waals surface area contributed by atoms with Crippen LogP contribution in [0.2, 0.25) is 0 Å². The van der Waals surface area contributed by atoms with Gasteiger partial charge in [0.25, 0.3) is 0 Å². The molecule has 1 aliphatic rings. The number of imidazole rings is 1. The molecule has 0 saturated heterocycles. The molecule has 3 aromatic heterocycles. The fraction of sp³-hybridized carbons (Fsp3) is 0.318. The van der Waals surface area contributed by atoms with Crippen molar-refractivity contribution < 1.29 is 4.74 Å². The summed E-state index contributed by atoms with van der Waals surface area (Å²) in [5.41, 5.74) is 2.97. The molecule has 0 unspecified atom stereocenters. The van der Waals surface area contributed by atoms with Gasteiger partial charge in [0, 0.05) is 30.9 Å². The summed E-state index contributed by atoms with van der Waals surface area (Å²) in [5, 5.41) is 4.62. The monoisotopic (exact) mass is 405 g/mol. The second kappa shape index (κ2) is 7.83. The number of anilines is 1. The summed E-state index contributed by atoms with van der Waals surface area (Å²) in [5.74, 6) is 1.49. The fourth-order valence-electron chi connectivity index (χ4n) is 3.84. The van der Waals surface area contributed by atoms with Crippen LogP contribution in [-0.2, 0) is 7.05 Å². The first-order valence-electron chi connectivity index (χ1n) is 10.0. The summed E-state index contributed by atoms with van der Waals surface area (Å²) >= 11 is 1.69. The number of pyridine rings is 1. The molecule has 7 heteroatoms. The zero-order chi connectivity index (χ0) is 19.6. The van der Waals surface area contributed by atoms with Gasteiger partial charge in [0.15, 0.2) is 5.13 Å². The number of hydrogen-bond donors (Lipinski definition) is 1. The van der Waals surface area contributed by atoms with E-state index in [2.05, 4.69) is 21.4 Å². The SMILES string of the molecule is Cn1cncc1-c1cncc(Oc2ccc3nc(NC4CCCCC4)sc3c2)c1. The van der Waals surface area contributed by atoms with Crippen molar-refractivity contribution in [2.75, 3.05) is 5.32 Å². The van der Waals surface area contributed by atoms with Crippen LogP contribution in [0.1, 0.15) is 32.1 Å². The number of aromatic nitrogens is 4. The predicted octanol–water partition coefficient (Wildman–Crippen LogP) is 5.63. The van der Waals surface area contributed by atoms with E-state index in [9.17, 15) is 0 Å². The normalized spacial score (nSPS) is 14.9. The highest BCUT2D eigenvalue weighted by molar-refractivity contribution is 7.22. The van der Waals surface area contributed by atoms with E-state index in [1.807, 2.05) is 42.2 Å². The minimum Gasteiger partial charge on any atom is -0.456 e. The number of fused-ring (bicyclic) bond motifs is 1. The maximum atomic E-state index is 6.09. The molecule has 0 aliphatic heterocycles. The van der Waals surface area contributed by atoms with E-state index >= 15 is 0 Å². The lowest BCUT2D eigenvalue weighted by Gasteiger charge is -2.22. The van der Waals surface area contributed by atoms with Crippen molar-refractivity contribution in [2.45, 2.75) is 38.1 Å². The summed E-state index contributed by atoms with van der Waals surface area (Å²) in [6.45, 7) is 0. The number of nitrogens with zero attached hydrogens (tertiary/aromatic N) is 4. The minimum atomic E-state index is 0.556. The maximum Gasteiger partial charge on any atom is 0.184 e. The molecule has 0 bridgehead atoms. The standard InChI is InChI=1S/C22H23N5OS/c1-27-14-24-13-20(27)15-9-18(12-23-11-15)28-17-7-8-19-21(10-17)29-22(26-19)25-16-5-3-2-4-6-16/h7-14,16H,2-6H2,1H3,(H,25,26). The molecule has 0 amide bonds. The van der Waals surface area contributed by atoms with Crippen LogP contribution in [0.3, 0.4) is 0 Å². The number of rotatable bonds is 5. The number of benzene rings is 1. The van der Waals surface area contributed by atoms with Crippen LogP contribution in [0.25, 0.3) is 21.5 Å². The van der Waals surface area contributed by atoms with Gasteiger partial charge in [-0.2, -0.15) is 0 Å². The van der Waals surface area contributed by atoms with Crippen molar-refractivity contribution in [3.63, 3.8) is 0 Å². The molecule has 5 rings (SSSR count). The Hall–Kier alpha value is -2.93. The van der Waals surface area contributed by atoms with Gasteiger partial charge < -0.3 is 14.6 Å². The molecule has 29 heavy (non-hydrogen) atoms. The van der Waals surface area contributed by atoms with Gasteiger partial charge >= 0.3 is 0 Å². The second-order valence-corrected chi connectivity index (χ2v) is 8.56. The Kier molecular flexibility index (Phi) is 4.89. The summed E-state index contributed by atoms with van der Waals surface area (Å²) in [6.07, 6.45) is 13.6. The molecular weight excluding hydrogens is 382 g/mol. The van der Waals surface area contributed by atoms with E-state index in [0.717, 1.165) is 32.4 Å². The highest BCUT2D eigenvalue weighted by atomic mass is 32.1. The molecule has 148 valence electrons. The molecule has 1 aliphatic carbocycles. The molecule has 1 aromatic carbocycles. The van der Waals surface area contributed by atoms with Gasteiger partial charge in [-0.1, -0.05) is 30.6 Å². The summed E-state index contributed by atoms with van der Waals surface area (Å²) in [4.78, 5) is 13.2. The molecule has 1 N–H and O–H groups in total. The van der Waals surface area contributed by atoms with E-state index in [4.69, 9.17) is 9.72 Å². The highest BCUT2D eigenvalue weighted by Crippen LogP contribution is 2.33. The fourth-order valence-corrected chi connectivity index (χ4v) is 4.81. The minimum absolute atomic E-state index is 0.556. The first-order valence-corrected chi connectivity index (χ1v) is 10.8. The zero-order valence-corrected chi connectivity index (χ0v) is 17.2. The smallest absolute Gasteiger partial charge is 0.184 e. The third-order valence-electron chi connectivity index (χ3n) is 5.35. The van der Waals surface area contributed by atoms with Crippen LogP contribution >= 0.6 is 11.3 Å². The van der Waals surface area contributed by atoms with Crippen LogP contribution in [0.4, 0.5) is 5.13 Å². The van der Waals surface area contributed by atoms with Crippen molar-refractivity contribution in [3.05, 3.63) is 49.2 Å². The van der Waals surface area contributed by atoms with Gasteiger partial charge in [-0.15, -0.1) is 0 Å². The van der Waals surface area contributed by atoms with Crippen LogP contribution < -0.4 is 10.1 Å². The molecule has 0 radical (unpaired) electrons. The largest absolute Gasteiger partial charge is 0.456 e. The van der Waals surface area contributed by atoms with Crippen LogP contribution in [0, 0.1) is 0 Å². The zero-order valence-electron chi connectivity index (χ0n) is 16.3. The molecule has 1 saturated carbocycles. The second-order valence-electron chi connectivity index (χ2n) is 7.53. The van der Waals surface area contributed by atoms with Crippen LogP contribution in [0.15, 0.2) is 49.2 Å². The lowest BCUT2D eigenvalue weighted by molar-refractivity contribution is 0.462. The van der Waals surface area contributed by atoms with E-state index < -0.39 is 0 Å². The van der Waals surface area contributed by atoms with E-state index in [0.29, 0.717) is 11.8 Å². The first-order chi connectivity index (χ1) is 14.2. The Morgan fingerprint density at radius 2 is 1.93 bits per heavy atom. The van der Waals surface area contributed by atoms with E-state index in [-0.39, 0.29) is 0 Å². The number of ether oxygens (including phenoxy) is 1. The Balaban J connectivity index is 1.35. The molecule has 4 aromatic rings. The van der Waals surface area contributed by atoms with Gasteiger partial charge in [-0.25, -0.2) is 9.97 Å². The van der Waals surface area contributed by atoms with Crippen molar-refractivity contribution in [2.24, 2.45) is 7.05 Å². The number of thiazole rings is 1. The molecular formula is C22H23N5OS. The van der Waals surface area contributed by atoms with Gasteiger partial charge in [0.2, 0.25) is 0 Å². The Labute approximate surface area is 173 Å². The summed E-state index contributed by atoms with van der Waals surface area (Å²) in [7, 11) is 1.96. The Morgan fingerprint density at radius 3 is 2.76 bits per heavy atom. The summed E-state index contributed by atoms with van der Waals surface area (Å²) in [6, 6.07) is 8.57. The van der Waals surface area contributed by atoms with Crippen LogP contribution in [-0.4, -0.2) is 25.6 Å². The number of nitrogens with one attached hydrogen (secondary N) is 1. The average Bonchev–Trinajstić information content (AvgIpc) is 3.34.